The number of fused-ring (bicyclic) bond motifs is 2. The Morgan fingerprint density at radius 3 is 3.00 bits per heavy atom. The van der Waals surface area contributed by atoms with Crippen LogP contribution in [0.1, 0.15) is 26.5 Å². The molecule has 1 amide bonds. The number of aliphatic hydroxyl groups excluding tert-OH is 1. The number of aliphatic hydroxyl groups is 1. The van der Waals surface area contributed by atoms with Crippen molar-refractivity contribution in [3.63, 3.8) is 0 Å². The largest absolute Gasteiger partial charge is 0.388 e. The van der Waals surface area contributed by atoms with Gasteiger partial charge in [-0.3, -0.25) is 24.5 Å². The van der Waals surface area contributed by atoms with Crippen molar-refractivity contribution in [3.8, 4) is 0 Å². The number of aromatic amines is 1. The molecule has 3 heterocycles. The molecule has 1 unspecified atom stereocenters. The van der Waals surface area contributed by atoms with Crippen LogP contribution in [0.25, 0.3) is 11.2 Å². The Hall–Kier alpha value is -2.26. The van der Waals surface area contributed by atoms with E-state index in [-0.39, 0.29) is 41.0 Å². The molecule has 122 valence electrons. The second-order valence-corrected chi connectivity index (χ2v) is 6.34. The minimum Gasteiger partial charge on any atom is -0.388 e. The second-order valence-electron chi connectivity index (χ2n) is 6.34. The number of hydrogen-bond donors (Lipinski definition) is 3. The average Bonchev–Trinajstić information content (AvgIpc) is 3.03. The summed E-state index contributed by atoms with van der Waals surface area (Å²) in [6.45, 7) is 3.48. The highest BCUT2D eigenvalue weighted by molar-refractivity contribution is 5.91. The van der Waals surface area contributed by atoms with Gasteiger partial charge in [0, 0.05) is 11.8 Å². The standard InChI is InChI=1S/C14H17N5O4/c1-5(2)11(21)17-14-16-10-8(12(22)18-14)15-4-19(10)13-9(20)6-3-7(6)23-13/h4-7,9,13,20H,3H2,1-2H3,(H2,16,17,18,21,22)/t6-,7?,9-,13-/m1/s1. The van der Waals surface area contributed by atoms with Crippen molar-refractivity contribution in [1.82, 2.24) is 19.5 Å². The topological polar surface area (TPSA) is 122 Å². The third-order valence-electron chi connectivity index (χ3n) is 4.30. The smallest absolute Gasteiger partial charge is 0.280 e. The molecule has 2 aliphatic rings. The van der Waals surface area contributed by atoms with Gasteiger partial charge in [0.25, 0.3) is 5.56 Å². The quantitative estimate of drug-likeness (QED) is 0.731. The summed E-state index contributed by atoms with van der Waals surface area (Å²) < 4.78 is 7.28. The number of nitrogens with zero attached hydrogens (tertiary/aromatic N) is 3. The number of carbonyl (C=O) groups excluding carboxylic acids is 1. The molecule has 9 heteroatoms. The molecule has 4 rings (SSSR count). The minimum absolute atomic E-state index is 0.0561. The Bertz CT molecular complexity index is 841. The number of anilines is 1. The van der Waals surface area contributed by atoms with E-state index < -0.39 is 17.9 Å². The molecule has 0 aromatic carbocycles. The first kappa shape index (κ1) is 14.3. The van der Waals surface area contributed by atoms with E-state index in [2.05, 4.69) is 20.3 Å². The van der Waals surface area contributed by atoms with Gasteiger partial charge in [0.15, 0.2) is 17.4 Å². The van der Waals surface area contributed by atoms with Gasteiger partial charge >= 0.3 is 0 Å². The highest BCUT2D eigenvalue weighted by Crippen LogP contribution is 2.49. The van der Waals surface area contributed by atoms with Crippen LogP contribution < -0.4 is 10.9 Å². The Kier molecular flexibility index (Phi) is 3.03. The van der Waals surface area contributed by atoms with Crippen LogP contribution in [0.2, 0.25) is 0 Å². The maximum absolute atomic E-state index is 12.1. The molecule has 3 N–H and O–H groups in total. The Balaban J connectivity index is 1.74. The van der Waals surface area contributed by atoms with Crippen LogP contribution >= 0.6 is 0 Å². The molecule has 1 aliphatic heterocycles. The molecule has 2 fully saturated rings. The predicted octanol–water partition coefficient (Wildman–Crippen LogP) is -0.00770. The molecular weight excluding hydrogens is 302 g/mol. The Morgan fingerprint density at radius 1 is 1.57 bits per heavy atom. The number of aromatic nitrogens is 4. The van der Waals surface area contributed by atoms with E-state index in [1.54, 1.807) is 18.4 Å². The number of ether oxygens (including phenoxy) is 1. The molecule has 1 saturated heterocycles. The summed E-state index contributed by atoms with van der Waals surface area (Å²) in [6.07, 6.45) is 1.10. The maximum Gasteiger partial charge on any atom is 0.280 e. The molecular formula is C14H17N5O4. The zero-order chi connectivity index (χ0) is 16.3. The number of nitrogens with one attached hydrogen (secondary N) is 2. The van der Waals surface area contributed by atoms with Gasteiger partial charge in [-0.1, -0.05) is 13.8 Å². The van der Waals surface area contributed by atoms with Crippen LogP contribution in [0.3, 0.4) is 0 Å². The van der Waals surface area contributed by atoms with Gasteiger partial charge in [-0.15, -0.1) is 0 Å². The number of rotatable bonds is 3. The van der Waals surface area contributed by atoms with Crippen molar-refractivity contribution < 1.29 is 14.6 Å². The predicted molar refractivity (Wildman–Crippen MR) is 79.6 cm³/mol. The van der Waals surface area contributed by atoms with Crippen molar-refractivity contribution in [2.24, 2.45) is 11.8 Å². The van der Waals surface area contributed by atoms with E-state index in [9.17, 15) is 14.7 Å². The molecule has 23 heavy (non-hydrogen) atoms. The monoisotopic (exact) mass is 319 g/mol. The molecule has 1 aliphatic carbocycles. The highest BCUT2D eigenvalue weighted by Gasteiger charge is 2.55. The molecule has 0 radical (unpaired) electrons. The average molecular weight is 319 g/mol. The second kappa shape index (κ2) is 4.87. The zero-order valence-electron chi connectivity index (χ0n) is 12.7. The third-order valence-corrected chi connectivity index (χ3v) is 4.30. The summed E-state index contributed by atoms with van der Waals surface area (Å²) in [7, 11) is 0. The highest BCUT2D eigenvalue weighted by atomic mass is 16.5. The molecule has 0 spiro atoms. The van der Waals surface area contributed by atoms with E-state index in [0.29, 0.717) is 0 Å². The lowest BCUT2D eigenvalue weighted by molar-refractivity contribution is -0.118. The maximum atomic E-state index is 12.1. The molecule has 0 bridgehead atoms. The first-order valence-electron chi connectivity index (χ1n) is 7.57. The third kappa shape index (κ3) is 2.23. The van der Waals surface area contributed by atoms with Crippen molar-refractivity contribution in [3.05, 3.63) is 16.7 Å². The number of carbonyl (C=O) groups is 1. The van der Waals surface area contributed by atoms with Crippen molar-refractivity contribution >= 4 is 23.0 Å². The van der Waals surface area contributed by atoms with Crippen molar-refractivity contribution in [1.29, 1.82) is 0 Å². The summed E-state index contributed by atoms with van der Waals surface area (Å²) >= 11 is 0. The van der Waals surface area contributed by atoms with Gasteiger partial charge < -0.3 is 9.84 Å². The summed E-state index contributed by atoms with van der Waals surface area (Å²) in [5, 5.41) is 12.8. The van der Waals surface area contributed by atoms with Crippen molar-refractivity contribution in [2.75, 3.05) is 5.32 Å². The van der Waals surface area contributed by atoms with Crippen LogP contribution in [-0.4, -0.2) is 42.7 Å². The lowest BCUT2D eigenvalue weighted by Crippen LogP contribution is -2.25. The van der Waals surface area contributed by atoms with Gasteiger partial charge in [0.05, 0.1) is 12.4 Å². The Labute approximate surface area is 130 Å². The molecule has 4 atom stereocenters. The number of amides is 1. The fourth-order valence-corrected chi connectivity index (χ4v) is 2.84. The lowest BCUT2D eigenvalue weighted by atomic mass is 10.2. The first-order chi connectivity index (χ1) is 11.0. The Morgan fingerprint density at radius 2 is 2.35 bits per heavy atom. The molecule has 2 aromatic rings. The summed E-state index contributed by atoms with van der Waals surface area (Å²) in [6, 6.07) is 0. The van der Waals surface area contributed by atoms with Crippen LogP contribution in [-0.2, 0) is 9.53 Å². The van der Waals surface area contributed by atoms with E-state index in [0.717, 1.165) is 6.42 Å². The fourth-order valence-electron chi connectivity index (χ4n) is 2.84. The summed E-state index contributed by atoms with van der Waals surface area (Å²) in [5.74, 6) is -0.301. The SMILES string of the molecule is CC(C)C(=O)Nc1nc2c(ncn2[C@@H]2OC3C[C@H]3[C@H]2O)c(=O)[nH]1. The zero-order valence-corrected chi connectivity index (χ0v) is 12.7. The number of imidazole rings is 1. The van der Waals surface area contributed by atoms with Crippen molar-refractivity contribution in [2.45, 2.75) is 38.7 Å². The van der Waals surface area contributed by atoms with Crippen LogP contribution in [0, 0.1) is 11.8 Å². The summed E-state index contributed by atoms with van der Waals surface area (Å²) in [5.41, 5.74) is -0.0347. The van der Waals surface area contributed by atoms with Gasteiger partial charge in [-0.2, -0.15) is 4.98 Å². The molecule has 9 nitrogen and oxygen atoms in total. The number of H-pyrrole nitrogens is 1. The lowest BCUT2D eigenvalue weighted by Gasteiger charge is -2.19. The van der Waals surface area contributed by atoms with Gasteiger partial charge in [-0.25, -0.2) is 4.98 Å². The van der Waals surface area contributed by atoms with Crippen LogP contribution in [0.5, 0.6) is 0 Å². The van der Waals surface area contributed by atoms with Gasteiger partial charge in [0.1, 0.15) is 6.10 Å². The van der Waals surface area contributed by atoms with Crippen LogP contribution in [0.4, 0.5) is 5.95 Å². The van der Waals surface area contributed by atoms with E-state index in [1.165, 1.54) is 6.33 Å². The first-order valence-corrected chi connectivity index (χ1v) is 7.57. The van der Waals surface area contributed by atoms with E-state index in [1.807, 2.05) is 0 Å². The number of hydrogen-bond acceptors (Lipinski definition) is 6. The minimum atomic E-state index is -0.646. The van der Waals surface area contributed by atoms with Gasteiger partial charge in [-0.05, 0) is 6.42 Å². The van der Waals surface area contributed by atoms with Crippen LogP contribution in [0.15, 0.2) is 11.1 Å². The van der Waals surface area contributed by atoms with Gasteiger partial charge in [0.2, 0.25) is 11.9 Å². The van der Waals surface area contributed by atoms with E-state index in [4.69, 9.17) is 4.74 Å². The normalized spacial score (nSPS) is 29.0. The molecule has 1 saturated carbocycles. The molecule has 2 aromatic heterocycles. The summed E-state index contributed by atoms with van der Waals surface area (Å²) in [4.78, 5) is 34.7. The van der Waals surface area contributed by atoms with E-state index >= 15 is 0 Å². The fraction of sp³-hybridized carbons (Fsp3) is 0.571.